The molecule has 1 heterocycles. The first-order valence-electron chi connectivity index (χ1n) is 7.90. The molecule has 2 rings (SSSR count). The molecule has 0 aromatic heterocycles. The highest BCUT2D eigenvalue weighted by atomic mass is 79.9. The van der Waals surface area contributed by atoms with Crippen molar-refractivity contribution in [2.75, 3.05) is 40.1 Å². The number of piperidine rings is 1. The maximum Gasteiger partial charge on any atom is 0.208 e. The van der Waals surface area contributed by atoms with Crippen molar-refractivity contribution in [2.24, 2.45) is 5.92 Å². The predicted octanol–water partition coefficient (Wildman–Crippen LogP) is 2.23. The second-order valence-corrected chi connectivity index (χ2v) is 8.76. The van der Waals surface area contributed by atoms with Gasteiger partial charge in [-0.2, -0.15) is 0 Å². The summed E-state index contributed by atoms with van der Waals surface area (Å²) < 4.78 is 36.8. The third-order valence-electron chi connectivity index (χ3n) is 4.20. The summed E-state index contributed by atoms with van der Waals surface area (Å²) in [7, 11) is 0.114. The molecule has 0 amide bonds. The summed E-state index contributed by atoms with van der Waals surface area (Å²) in [5.41, 5.74) is 1.13. The maximum atomic E-state index is 11.3. The average molecular weight is 421 g/mol. The molecule has 1 aliphatic rings. The smallest absolute Gasteiger partial charge is 0.208 e. The van der Waals surface area contributed by atoms with Gasteiger partial charge in [-0.05, 0) is 52.9 Å². The molecule has 1 fully saturated rings. The zero-order valence-corrected chi connectivity index (χ0v) is 16.7. The zero-order chi connectivity index (χ0) is 17.7. The number of methoxy groups -OCH3 is 2. The van der Waals surface area contributed by atoms with E-state index in [0.29, 0.717) is 24.0 Å². The number of likely N-dealkylation sites (tertiary alicyclic amines) is 1. The average Bonchev–Trinajstić information content (AvgIpc) is 2.54. The van der Waals surface area contributed by atoms with E-state index in [2.05, 4.69) is 25.6 Å². The van der Waals surface area contributed by atoms with Crippen LogP contribution in [0, 0.1) is 5.92 Å². The summed E-state index contributed by atoms with van der Waals surface area (Å²) in [6, 6.07) is 3.94. The predicted molar refractivity (Wildman–Crippen MR) is 98.1 cm³/mol. The minimum atomic E-state index is -3.13. The summed E-state index contributed by atoms with van der Waals surface area (Å²) in [5.74, 6) is 1.73. The highest BCUT2D eigenvalue weighted by molar-refractivity contribution is 9.10. The molecule has 0 radical (unpaired) electrons. The number of halogens is 1. The van der Waals surface area contributed by atoms with Gasteiger partial charge in [0.1, 0.15) is 0 Å². The molecule has 1 atom stereocenters. The number of rotatable bonds is 7. The fraction of sp³-hybridized carbons (Fsp3) is 0.625. The minimum absolute atomic E-state index is 0.340. The fourth-order valence-corrected chi connectivity index (χ4v) is 4.18. The molecule has 24 heavy (non-hydrogen) atoms. The van der Waals surface area contributed by atoms with Crippen molar-refractivity contribution in [3.63, 3.8) is 0 Å². The Morgan fingerprint density at radius 1 is 1.33 bits per heavy atom. The molecule has 0 spiro atoms. The van der Waals surface area contributed by atoms with Gasteiger partial charge in [-0.15, -0.1) is 0 Å². The van der Waals surface area contributed by atoms with Gasteiger partial charge in [0.25, 0.3) is 0 Å². The summed E-state index contributed by atoms with van der Waals surface area (Å²) in [5, 5.41) is 0. The third kappa shape index (κ3) is 5.34. The monoisotopic (exact) mass is 420 g/mol. The van der Waals surface area contributed by atoms with E-state index in [1.54, 1.807) is 14.2 Å². The van der Waals surface area contributed by atoms with Crippen LogP contribution in [0.15, 0.2) is 16.6 Å². The number of nitrogens with one attached hydrogen (secondary N) is 1. The van der Waals surface area contributed by atoms with Crippen LogP contribution in [0.25, 0.3) is 0 Å². The molecule has 0 aliphatic carbocycles. The second-order valence-electron chi connectivity index (χ2n) is 6.14. The molecule has 6 nitrogen and oxygen atoms in total. The van der Waals surface area contributed by atoms with Crippen LogP contribution in [0.4, 0.5) is 0 Å². The maximum absolute atomic E-state index is 11.3. The largest absolute Gasteiger partial charge is 0.493 e. The molecule has 1 aliphatic heterocycles. The number of hydrogen-bond acceptors (Lipinski definition) is 5. The second kappa shape index (κ2) is 8.51. The Morgan fingerprint density at radius 2 is 2.08 bits per heavy atom. The Kier molecular flexibility index (Phi) is 6.91. The first-order chi connectivity index (χ1) is 11.3. The lowest BCUT2D eigenvalue weighted by Gasteiger charge is -2.33. The van der Waals surface area contributed by atoms with E-state index >= 15 is 0 Å². The van der Waals surface area contributed by atoms with Crippen molar-refractivity contribution in [2.45, 2.75) is 19.4 Å². The van der Waals surface area contributed by atoms with Crippen molar-refractivity contribution in [1.82, 2.24) is 9.62 Å². The van der Waals surface area contributed by atoms with Crippen molar-refractivity contribution in [3.8, 4) is 11.5 Å². The van der Waals surface area contributed by atoms with E-state index in [1.165, 1.54) is 6.26 Å². The fourth-order valence-electron chi connectivity index (χ4n) is 3.02. The SMILES string of the molecule is COc1ccc(CN2CCCC(CNS(C)(=O)=O)C2)c(Br)c1OC. The number of ether oxygens (including phenoxy) is 2. The number of hydrogen-bond donors (Lipinski definition) is 1. The van der Waals surface area contributed by atoms with Gasteiger partial charge in [0, 0.05) is 19.6 Å². The number of benzene rings is 1. The van der Waals surface area contributed by atoms with Crippen LogP contribution >= 0.6 is 15.9 Å². The quantitative estimate of drug-likeness (QED) is 0.732. The van der Waals surface area contributed by atoms with Crippen molar-refractivity contribution < 1.29 is 17.9 Å². The summed E-state index contributed by atoms with van der Waals surface area (Å²) in [6.07, 6.45) is 3.32. The molecule has 136 valence electrons. The van der Waals surface area contributed by atoms with Crippen LogP contribution in [-0.2, 0) is 16.6 Å². The molecule has 1 saturated heterocycles. The van der Waals surface area contributed by atoms with Gasteiger partial charge in [-0.25, -0.2) is 13.1 Å². The Balaban J connectivity index is 2.03. The lowest BCUT2D eigenvalue weighted by molar-refractivity contribution is 0.168. The molecule has 1 unspecified atom stereocenters. The van der Waals surface area contributed by atoms with Gasteiger partial charge in [0.15, 0.2) is 11.5 Å². The van der Waals surface area contributed by atoms with Crippen LogP contribution in [0.5, 0.6) is 11.5 Å². The molecule has 0 bridgehead atoms. The van der Waals surface area contributed by atoms with Gasteiger partial charge >= 0.3 is 0 Å². The molecule has 8 heteroatoms. The van der Waals surface area contributed by atoms with E-state index in [0.717, 1.165) is 42.5 Å². The van der Waals surface area contributed by atoms with E-state index in [1.807, 2.05) is 12.1 Å². The first kappa shape index (κ1) is 19.5. The zero-order valence-electron chi connectivity index (χ0n) is 14.3. The van der Waals surface area contributed by atoms with Crippen LogP contribution < -0.4 is 14.2 Å². The molecule has 1 N–H and O–H groups in total. The number of nitrogens with zero attached hydrogens (tertiary/aromatic N) is 1. The Labute approximate surface area is 152 Å². The van der Waals surface area contributed by atoms with Crippen molar-refractivity contribution >= 4 is 26.0 Å². The van der Waals surface area contributed by atoms with E-state index in [4.69, 9.17) is 9.47 Å². The molecular formula is C16H25BrN2O4S. The van der Waals surface area contributed by atoms with Gasteiger partial charge in [0.05, 0.1) is 24.9 Å². The molecular weight excluding hydrogens is 396 g/mol. The normalized spacial score (nSPS) is 19.2. The van der Waals surface area contributed by atoms with Crippen molar-refractivity contribution in [3.05, 3.63) is 22.2 Å². The molecule has 1 aromatic rings. The summed E-state index contributed by atoms with van der Waals surface area (Å²) >= 11 is 3.61. The van der Waals surface area contributed by atoms with E-state index < -0.39 is 10.0 Å². The molecule has 1 aromatic carbocycles. The Hall–Kier alpha value is -0.830. The highest BCUT2D eigenvalue weighted by Gasteiger charge is 2.22. The first-order valence-corrected chi connectivity index (χ1v) is 10.6. The van der Waals surface area contributed by atoms with Crippen LogP contribution in [0.1, 0.15) is 18.4 Å². The van der Waals surface area contributed by atoms with Gasteiger partial charge in [-0.1, -0.05) is 6.07 Å². The van der Waals surface area contributed by atoms with Gasteiger partial charge < -0.3 is 9.47 Å². The summed E-state index contributed by atoms with van der Waals surface area (Å²) in [4.78, 5) is 2.35. The third-order valence-corrected chi connectivity index (χ3v) is 5.76. The highest BCUT2D eigenvalue weighted by Crippen LogP contribution is 2.38. The van der Waals surface area contributed by atoms with Crippen molar-refractivity contribution in [1.29, 1.82) is 0 Å². The van der Waals surface area contributed by atoms with E-state index in [-0.39, 0.29) is 0 Å². The standard InChI is InChI=1S/C16H25BrN2O4S/c1-22-14-7-6-13(15(17)16(14)23-2)11-19-8-4-5-12(10-19)9-18-24(3,20)21/h6-7,12,18H,4-5,8-11H2,1-3H3. The van der Waals surface area contributed by atoms with E-state index in [9.17, 15) is 8.42 Å². The Bertz CT molecular complexity index is 666. The lowest BCUT2D eigenvalue weighted by Crippen LogP contribution is -2.40. The Morgan fingerprint density at radius 3 is 2.71 bits per heavy atom. The topological polar surface area (TPSA) is 67.9 Å². The lowest BCUT2D eigenvalue weighted by atomic mass is 9.98. The van der Waals surface area contributed by atoms with Crippen LogP contribution in [-0.4, -0.2) is 53.4 Å². The van der Waals surface area contributed by atoms with Gasteiger partial charge in [0.2, 0.25) is 10.0 Å². The minimum Gasteiger partial charge on any atom is -0.493 e. The summed E-state index contributed by atoms with van der Waals surface area (Å²) in [6.45, 7) is 3.18. The van der Waals surface area contributed by atoms with Gasteiger partial charge in [-0.3, -0.25) is 4.90 Å². The number of sulfonamides is 1. The van der Waals surface area contributed by atoms with Crippen LogP contribution in [0.3, 0.4) is 0 Å². The molecule has 0 saturated carbocycles. The van der Waals surface area contributed by atoms with Crippen LogP contribution in [0.2, 0.25) is 0 Å².